The molecule has 5 heteroatoms. The summed E-state index contributed by atoms with van der Waals surface area (Å²) in [5, 5.41) is 6.79. The Morgan fingerprint density at radius 2 is 2.20 bits per heavy atom. The highest BCUT2D eigenvalue weighted by atomic mass is 32.1. The van der Waals surface area contributed by atoms with Crippen molar-refractivity contribution in [2.24, 2.45) is 0 Å². The van der Waals surface area contributed by atoms with Crippen LogP contribution in [-0.2, 0) is 0 Å². The number of nitrogens with zero attached hydrogens (tertiary/aromatic N) is 1. The van der Waals surface area contributed by atoms with Crippen molar-refractivity contribution in [1.29, 1.82) is 0 Å². The van der Waals surface area contributed by atoms with E-state index in [4.69, 9.17) is 9.47 Å². The Kier molecular flexibility index (Phi) is 3.89. The molecule has 0 aliphatic carbocycles. The molecule has 106 valence electrons. The molecular weight excluding hydrogens is 272 g/mol. The van der Waals surface area contributed by atoms with Gasteiger partial charge in [0.15, 0.2) is 11.5 Å². The fourth-order valence-electron chi connectivity index (χ4n) is 2.35. The second-order valence-electron chi connectivity index (χ2n) is 4.83. The van der Waals surface area contributed by atoms with Gasteiger partial charge in [-0.25, -0.2) is 4.98 Å². The lowest BCUT2D eigenvalue weighted by Crippen LogP contribution is -2.24. The monoisotopic (exact) mass is 290 g/mol. The maximum absolute atomic E-state index is 5.43. The molecule has 1 aliphatic rings. The van der Waals surface area contributed by atoms with E-state index >= 15 is 0 Å². The van der Waals surface area contributed by atoms with Crippen LogP contribution in [0, 0.1) is 0 Å². The van der Waals surface area contributed by atoms with Crippen LogP contribution in [0.1, 0.15) is 42.9 Å². The Labute approximate surface area is 122 Å². The van der Waals surface area contributed by atoms with Crippen molar-refractivity contribution in [2.75, 3.05) is 6.79 Å². The van der Waals surface area contributed by atoms with Gasteiger partial charge in [0.2, 0.25) is 6.79 Å². The molecule has 3 rings (SSSR count). The first-order chi connectivity index (χ1) is 9.78. The van der Waals surface area contributed by atoms with Gasteiger partial charge in [-0.05, 0) is 31.0 Å². The number of hydrogen-bond donors (Lipinski definition) is 1. The molecule has 1 aliphatic heterocycles. The van der Waals surface area contributed by atoms with Gasteiger partial charge in [0.1, 0.15) is 5.01 Å². The second kappa shape index (κ2) is 5.81. The highest BCUT2D eigenvalue weighted by Crippen LogP contribution is 2.34. The van der Waals surface area contributed by atoms with Crippen LogP contribution < -0.4 is 14.8 Å². The average molecular weight is 290 g/mol. The molecule has 0 spiro atoms. The van der Waals surface area contributed by atoms with Crippen molar-refractivity contribution < 1.29 is 9.47 Å². The summed E-state index contributed by atoms with van der Waals surface area (Å²) >= 11 is 1.69. The van der Waals surface area contributed by atoms with Gasteiger partial charge >= 0.3 is 0 Å². The van der Waals surface area contributed by atoms with Gasteiger partial charge in [0.05, 0.1) is 6.04 Å². The molecular formula is C15H18N2O2S. The molecule has 0 fully saturated rings. The predicted molar refractivity (Wildman–Crippen MR) is 79.3 cm³/mol. The zero-order chi connectivity index (χ0) is 13.9. The van der Waals surface area contributed by atoms with Crippen molar-refractivity contribution in [3.05, 3.63) is 40.3 Å². The van der Waals surface area contributed by atoms with Crippen LogP contribution in [0.2, 0.25) is 0 Å². The summed E-state index contributed by atoms with van der Waals surface area (Å²) in [4.78, 5) is 4.40. The van der Waals surface area contributed by atoms with Gasteiger partial charge in [-0.2, -0.15) is 0 Å². The zero-order valence-corrected chi connectivity index (χ0v) is 12.4. The van der Waals surface area contributed by atoms with Crippen LogP contribution in [0.25, 0.3) is 0 Å². The summed E-state index contributed by atoms with van der Waals surface area (Å²) in [5.74, 6) is 1.66. The Hall–Kier alpha value is -1.59. The molecule has 20 heavy (non-hydrogen) atoms. The fourth-order valence-corrected chi connectivity index (χ4v) is 3.13. The standard InChI is InChI=1S/C15H18N2O2S/c1-3-12(15-16-6-7-20-15)17-10(2)11-4-5-13-14(8-11)19-9-18-13/h4-8,10,12,17H,3,9H2,1-2H3. The largest absolute Gasteiger partial charge is 0.454 e. The lowest BCUT2D eigenvalue weighted by Gasteiger charge is -2.21. The molecule has 0 bridgehead atoms. The molecule has 2 atom stereocenters. The fraction of sp³-hybridized carbons (Fsp3) is 0.400. The maximum Gasteiger partial charge on any atom is 0.231 e. The normalized spacial score (nSPS) is 16.1. The molecule has 0 saturated heterocycles. The van der Waals surface area contributed by atoms with E-state index in [1.807, 2.05) is 17.6 Å². The highest BCUT2D eigenvalue weighted by Gasteiger charge is 2.19. The van der Waals surface area contributed by atoms with Crippen molar-refractivity contribution in [1.82, 2.24) is 10.3 Å². The van der Waals surface area contributed by atoms with Crippen LogP contribution >= 0.6 is 11.3 Å². The number of thiazole rings is 1. The second-order valence-corrected chi connectivity index (χ2v) is 5.76. The van der Waals surface area contributed by atoms with Gasteiger partial charge in [0, 0.05) is 17.6 Å². The third-order valence-corrected chi connectivity index (χ3v) is 4.39. The molecule has 4 nitrogen and oxygen atoms in total. The zero-order valence-electron chi connectivity index (χ0n) is 11.6. The van der Waals surface area contributed by atoms with Gasteiger partial charge < -0.3 is 14.8 Å². The Morgan fingerprint density at radius 3 is 2.95 bits per heavy atom. The van der Waals surface area contributed by atoms with Crippen LogP contribution in [0.3, 0.4) is 0 Å². The topological polar surface area (TPSA) is 43.4 Å². The van der Waals surface area contributed by atoms with E-state index in [9.17, 15) is 0 Å². The number of ether oxygens (including phenoxy) is 2. The SMILES string of the molecule is CCC(NC(C)c1ccc2c(c1)OCO2)c1nccs1. The molecule has 1 aromatic heterocycles. The maximum atomic E-state index is 5.43. The van der Waals surface area contributed by atoms with E-state index < -0.39 is 0 Å². The van der Waals surface area contributed by atoms with Gasteiger partial charge in [-0.15, -0.1) is 11.3 Å². The first kappa shape index (κ1) is 13.4. The minimum Gasteiger partial charge on any atom is -0.454 e. The molecule has 0 amide bonds. The predicted octanol–water partition coefficient (Wildman–Crippen LogP) is 3.67. The molecule has 0 radical (unpaired) electrons. The quantitative estimate of drug-likeness (QED) is 0.912. The Morgan fingerprint density at radius 1 is 1.35 bits per heavy atom. The summed E-state index contributed by atoms with van der Waals surface area (Å²) in [7, 11) is 0. The van der Waals surface area contributed by atoms with E-state index in [-0.39, 0.29) is 12.1 Å². The summed E-state index contributed by atoms with van der Waals surface area (Å²) in [5.41, 5.74) is 1.20. The summed E-state index contributed by atoms with van der Waals surface area (Å²) in [6.07, 6.45) is 2.87. The van der Waals surface area contributed by atoms with E-state index in [0.29, 0.717) is 6.79 Å². The van der Waals surface area contributed by atoms with Gasteiger partial charge in [0.25, 0.3) is 0 Å². The van der Waals surface area contributed by atoms with Crippen LogP contribution in [0.15, 0.2) is 29.8 Å². The molecule has 1 N–H and O–H groups in total. The summed E-state index contributed by atoms with van der Waals surface area (Å²) in [6.45, 7) is 4.65. The van der Waals surface area contributed by atoms with Crippen LogP contribution in [0.5, 0.6) is 11.5 Å². The lowest BCUT2D eigenvalue weighted by molar-refractivity contribution is 0.174. The number of nitrogens with one attached hydrogen (secondary N) is 1. The number of rotatable bonds is 5. The molecule has 1 aromatic carbocycles. The third-order valence-electron chi connectivity index (χ3n) is 3.51. The van der Waals surface area contributed by atoms with Crippen LogP contribution in [0.4, 0.5) is 0 Å². The van der Waals surface area contributed by atoms with Crippen molar-refractivity contribution in [2.45, 2.75) is 32.4 Å². The number of fused-ring (bicyclic) bond motifs is 1. The van der Waals surface area contributed by atoms with Crippen molar-refractivity contribution >= 4 is 11.3 Å². The number of aromatic nitrogens is 1. The highest BCUT2D eigenvalue weighted by molar-refractivity contribution is 7.09. The minimum atomic E-state index is 0.235. The van der Waals surface area contributed by atoms with Gasteiger partial charge in [-0.3, -0.25) is 0 Å². The molecule has 2 aromatic rings. The van der Waals surface area contributed by atoms with E-state index in [2.05, 4.69) is 36.3 Å². The lowest BCUT2D eigenvalue weighted by atomic mass is 10.1. The number of benzene rings is 1. The van der Waals surface area contributed by atoms with E-state index in [0.717, 1.165) is 22.9 Å². The van der Waals surface area contributed by atoms with E-state index in [1.165, 1.54) is 5.56 Å². The van der Waals surface area contributed by atoms with Gasteiger partial charge in [-0.1, -0.05) is 13.0 Å². The smallest absolute Gasteiger partial charge is 0.231 e. The van der Waals surface area contributed by atoms with Crippen molar-refractivity contribution in [3.8, 4) is 11.5 Å². The third kappa shape index (κ3) is 2.64. The summed E-state index contributed by atoms with van der Waals surface area (Å²) < 4.78 is 10.8. The number of hydrogen-bond acceptors (Lipinski definition) is 5. The Bertz CT molecular complexity index is 571. The first-order valence-electron chi connectivity index (χ1n) is 6.83. The van der Waals surface area contributed by atoms with E-state index in [1.54, 1.807) is 11.3 Å². The molecule has 2 unspecified atom stereocenters. The van der Waals surface area contributed by atoms with Crippen LogP contribution in [-0.4, -0.2) is 11.8 Å². The minimum absolute atomic E-state index is 0.235. The average Bonchev–Trinajstić information content (AvgIpc) is 3.14. The first-order valence-corrected chi connectivity index (χ1v) is 7.71. The molecule has 0 saturated carbocycles. The van der Waals surface area contributed by atoms with Crippen molar-refractivity contribution in [3.63, 3.8) is 0 Å². The molecule has 2 heterocycles. The Balaban J connectivity index is 1.74. The summed E-state index contributed by atoms with van der Waals surface area (Å²) in [6, 6.07) is 6.63.